The Hall–Kier alpha value is -2.35. The Morgan fingerprint density at radius 1 is 1.13 bits per heavy atom. The maximum atomic E-state index is 13.3. The molecule has 0 aliphatic carbocycles. The average molecular weight is 461 g/mol. The molecule has 0 spiro atoms. The molecule has 1 aliphatic heterocycles. The fourth-order valence-electron chi connectivity index (χ4n) is 3.70. The largest absolute Gasteiger partial charge is 0.331 e. The molecule has 0 N–H and O–H groups in total. The second kappa shape index (κ2) is 8.41. The number of para-hydroxylation sites is 1. The third-order valence-corrected chi connectivity index (χ3v) is 8.42. The van der Waals surface area contributed by atoms with E-state index in [9.17, 15) is 13.2 Å². The van der Waals surface area contributed by atoms with Crippen molar-refractivity contribution >= 4 is 44.6 Å². The summed E-state index contributed by atoms with van der Waals surface area (Å²) in [5.74, 6) is -0.240. The number of sulfonamides is 1. The highest BCUT2D eigenvalue weighted by molar-refractivity contribution is 7.92. The summed E-state index contributed by atoms with van der Waals surface area (Å²) in [5.41, 5.74) is 0.750. The van der Waals surface area contributed by atoms with Gasteiger partial charge in [-0.15, -0.1) is 11.3 Å². The molecule has 1 atom stereocenters. The Morgan fingerprint density at radius 2 is 1.90 bits per heavy atom. The number of nitrogens with zero attached hydrogens (tertiary/aromatic N) is 2. The topological polar surface area (TPSA) is 57.7 Å². The number of carbonyl (C=O) groups excluding carboxylic acids is 1. The van der Waals surface area contributed by atoms with Crippen LogP contribution in [0.4, 0.5) is 5.69 Å². The molecular formula is C22H21ClN2O3S2. The van der Waals surface area contributed by atoms with Crippen LogP contribution in [0, 0.1) is 0 Å². The number of anilines is 1. The molecule has 1 saturated heterocycles. The van der Waals surface area contributed by atoms with Crippen molar-refractivity contribution in [2.75, 3.05) is 17.9 Å². The van der Waals surface area contributed by atoms with Gasteiger partial charge in [0.2, 0.25) is 0 Å². The Balaban J connectivity index is 1.67. The van der Waals surface area contributed by atoms with Crippen LogP contribution in [0.3, 0.4) is 0 Å². The average Bonchev–Trinajstić information content (AvgIpc) is 3.45. The molecule has 2 aromatic carbocycles. The first kappa shape index (κ1) is 20.9. The molecule has 3 aromatic rings. The number of amides is 1. The molecule has 30 heavy (non-hydrogen) atoms. The van der Waals surface area contributed by atoms with E-state index in [1.54, 1.807) is 40.5 Å². The van der Waals surface area contributed by atoms with Crippen LogP contribution in [0.1, 0.15) is 34.1 Å². The molecular weight excluding hydrogens is 440 g/mol. The van der Waals surface area contributed by atoms with Gasteiger partial charge in [-0.1, -0.05) is 35.9 Å². The standard InChI is InChI=1S/C22H21ClN2O3S2/c1-24(16-7-3-2-4-8-16)30(27,28)17-11-12-19(23)18(15-17)22(26)25-13-5-9-20(25)21-10-6-14-29-21/h2-4,6-8,10-12,14-15,20H,5,9,13H2,1H3/t20-/m1/s1. The van der Waals surface area contributed by atoms with E-state index >= 15 is 0 Å². The lowest BCUT2D eigenvalue weighted by Crippen LogP contribution is -2.31. The normalized spacial score (nSPS) is 16.6. The van der Waals surface area contributed by atoms with E-state index in [1.165, 1.54) is 29.6 Å². The van der Waals surface area contributed by atoms with Crippen LogP contribution >= 0.6 is 22.9 Å². The number of carbonyl (C=O) groups is 1. The minimum absolute atomic E-state index is 0.000761. The van der Waals surface area contributed by atoms with Gasteiger partial charge in [0.15, 0.2) is 0 Å². The number of halogens is 1. The number of likely N-dealkylation sites (tertiary alicyclic amines) is 1. The number of hydrogen-bond acceptors (Lipinski definition) is 4. The van der Waals surface area contributed by atoms with Crippen molar-refractivity contribution < 1.29 is 13.2 Å². The molecule has 0 unspecified atom stereocenters. The van der Waals surface area contributed by atoms with Gasteiger partial charge < -0.3 is 4.90 Å². The molecule has 4 rings (SSSR count). The van der Waals surface area contributed by atoms with Gasteiger partial charge in [-0.3, -0.25) is 9.10 Å². The predicted octanol–water partition coefficient (Wildman–Crippen LogP) is 5.20. The van der Waals surface area contributed by atoms with Gasteiger partial charge in [0, 0.05) is 18.5 Å². The van der Waals surface area contributed by atoms with E-state index in [4.69, 9.17) is 11.6 Å². The molecule has 156 valence electrons. The second-order valence-electron chi connectivity index (χ2n) is 7.12. The quantitative estimate of drug-likeness (QED) is 0.525. The van der Waals surface area contributed by atoms with Crippen LogP contribution in [0.25, 0.3) is 0 Å². The maximum absolute atomic E-state index is 13.3. The number of thiophene rings is 1. The molecule has 1 aliphatic rings. The Labute approximate surface area is 185 Å². The summed E-state index contributed by atoms with van der Waals surface area (Å²) >= 11 is 7.96. The van der Waals surface area contributed by atoms with Crippen LogP contribution < -0.4 is 4.31 Å². The van der Waals surface area contributed by atoms with Crippen molar-refractivity contribution in [2.24, 2.45) is 0 Å². The molecule has 0 saturated carbocycles. The zero-order valence-electron chi connectivity index (χ0n) is 16.4. The van der Waals surface area contributed by atoms with Crippen LogP contribution in [-0.4, -0.2) is 32.8 Å². The van der Waals surface area contributed by atoms with Gasteiger partial charge in [0.1, 0.15) is 0 Å². The number of benzene rings is 2. The van der Waals surface area contributed by atoms with E-state index in [0.717, 1.165) is 17.7 Å². The zero-order valence-corrected chi connectivity index (χ0v) is 18.8. The zero-order chi connectivity index (χ0) is 21.3. The van der Waals surface area contributed by atoms with Crippen molar-refractivity contribution in [1.82, 2.24) is 4.90 Å². The van der Waals surface area contributed by atoms with Crippen LogP contribution in [0.15, 0.2) is 70.9 Å². The van der Waals surface area contributed by atoms with Crippen molar-refractivity contribution in [2.45, 2.75) is 23.8 Å². The fraction of sp³-hybridized carbons (Fsp3) is 0.227. The van der Waals surface area contributed by atoms with E-state index in [0.29, 0.717) is 12.2 Å². The Morgan fingerprint density at radius 3 is 2.60 bits per heavy atom. The summed E-state index contributed by atoms with van der Waals surface area (Å²) in [6.07, 6.45) is 1.79. The van der Waals surface area contributed by atoms with E-state index < -0.39 is 10.0 Å². The van der Waals surface area contributed by atoms with Gasteiger partial charge in [-0.05, 0) is 54.6 Å². The van der Waals surface area contributed by atoms with E-state index in [1.807, 2.05) is 23.6 Å². The van der Waals surface area contributed by atoms with Crippen molar-refractivity contribution in [3.05, 3.63) is 81.5 Å². The second-order valence-corrected chi connectivity index (χ2v) is 10.5. The third-order valence-electron chi connectivity index (χ3n) is 5.33. The lowest BCUT2D eigenvalue weighted by Gasteiger charge is -2.25. The third kappa shape index (κ3) is 3.85. The first-order valence-electron chi connectivity index (χ1n) is 9.57. The Bertz CT molecular complexity index is 1150. The minimum Gasteiger partial charge on any atom is -0.331 e. The smallest absolute Gasteiger partial charge is 0.264 e. The molecule has 1 aromatic heterocycles. The van der Waals surface area contributed by atoms with Gasteiger partial charge >= 0.3 is 0 Å². The molecule has 8 heteroatoms. The first-order valence-corrected chi connectivity index (χ1v) is 12.3. The molecule has 5 nitrogen and oxygen atoms in total. The van der Waals surface area contributed by atoms with Gasteiger partial charge in [-0.2, -0.15) is 0 Å². The van der Waals surface area contributed by atoms with Crippen LogP contribution in [0.2, 0.25) is 5.02 Å². The highest BCUT2D eigenvalue weighted by Gasteiger charge is 2.33. The lowest BCUT2D eigenvalue weighted by molar-refractivity contribution is 0.0738. The predicted molar refractivity (Wildman–Crippen MR) is 121 cm³/mol. The summed E-state index contributed by atoms with van der Waals surface area (Å²) in [4.78, 5) is 16.3. The minimum atomic E-state index is -3.84. The van der Waals surface area contributed by atoms with Gasteiger partial charge in [0.25, 0.3) is 15.9 Å². The molecule has 0 bridgehead atoms. The van der Waals surface area contributed by atoms with Crippen LogP contribution in [0.5, 0.6) is 0 Å². The summed E-state index contributed by atoms with van der Waals surface area (Å²) in [6.45, 7) is 0.624. The van der Waals surface area contributed by atoms with Crippen LogP contribution in [-0.2, 0) is 10.0 Å². The SMILES string of the molecule is CN(c1ccccc1)S(=O)(=O)c1ccc(Cl)c(C(=O)N2CCC[C@@H]2c2cccs2)c1. The Kier molecular flexibility index (Phi) is 5.86. The molecule has 2 heterocycles. The number of hydrogen-bond donors (Lipinski definition) is 0. The monoisotopic (exact) mass is 460 g/mol. The van der Waals surface area contributed by atoms with Gasteiger partial charge in [-0.25, -0.2) is 8.42 Å². The fourth-order valence-corrected chi connectivity index (χ4v) is 6.00. The summed E-state index contributed by atoms with van der Waals surface area (Å²) in [6, 6.07) is 17.1. The van der Waals surface area contributed by atoms with Gasteiger partial charge in [0.05, 0.1) is 27.2 Å². The summed E-state index contributed by atoms with van der Waals surface area (Å²) in [5, 5.41) is 2.24. The highest BCUT2D eigenvalue weighted by atomic mass is 35.5. The van der Waals surface area contributed by atoms with Crippen molar-refractivity contribution in [1.29, 1.82) is 0 Å². The first-order chi connectivity index (χ1) is 14.4. The summed E-state index contributed by atoms with van der Waals surface area (Å²) < 4.78 is 27.5. The van der Waals surface area contributed by atoms with E-state index in [-0.39, 0.29) is 27.4 Å². The van der Waals surface area contributed by atoms with Crippen molar-refractivity contribution in [3.63, 3.8) is 0 Å². The lowest BCUT2D eigenvalue weighted by atomic mass is 10.1. The number of rotatable bonds is 5. The van der Waals surface area contributed by atoms with E-state index in [2.05, 4.69) is 0 Å². The highest BCUT2D eigenvalue weighted by Crippen LogP contribution is 2.36. The molecule has 0 radical (unpaired) electrons. The summed E-state index contributed by atoms with van der Waals surface area (Å²) in [7, 11) is -2.34. The van der Waals surface area contributed by atoms with Crippen molar-refractivity contribution in [3.8, 4) is 0 Å². The molecule has 1 fully saturated rings. The molecule has 1 amide bonds. The maximum Gasteiger partial charge on any atom is 0.264 e.